The number of esters is 1. The quantitative estimate of drug-likeness (QED) is 0.192. The van der Waals surface area contributed by atoms with Crippen molar-refractivity contribution < 1.29 is 43.5 Å². The zero-order chi connectivity index (χ0) is 34.9. The molecule has 0 radical (unpaired) electrons. The molecule has 10 heteroatoms. The number of carbonyl (C=O) groups excluding carboxylic acids is 3. The maximum absolute atomic E-state index is 13.5. The average molecular weight is 672 g/mol. The van der Waals surface area contributed by atoms with E-state index in [4.69, 9.17) is 18.9 Å². The molecule has 4 aliphatic rings. The lowest BCUT2D eigenvalue weighted by Crippen LogP contribution is -2.42. The van der Waals surface area contributed by atoms with Gasteiger partial charge in [0.15, 0.2) is 6.29 Å². The molecule has 10 nitrogen and oxygen atoms in total. The largest absolute Gasteiger partial charge is 0.496 e. The van der Waals surface area contributed by atoms with Gasteiger partial charge in [0.25, 0.3) is 0 Å². The Labute approximate surface area is 286 Å². The lowest BCUT2D eigenvalue weighted by molar-refractivity contribution is -0.141. The van der Waals surface area contributed by atoms with Crippen LogP contribution in [0, 0.1) is 0 Å². The Morgan fingerprint density at radius 1 is 1.14 bits per heavy atom. The van der Waals surface area contributed by atoms with Gasteiger partial charge in [0.2, 0.25) is 5.76 Å². The Morgan fingerprint density at radius 2 is 1.96 bits per heavy atom. The first-order valence-corrected chi connectivity index (χ1v) is 17.4. The highest BCUT2D eigenvalue weighted by molar-refractivity contribution is 6.11. The third kappa shape index (κ3) is 6.32. The molecule has 0 aromatic heterocycles. The maximum atomic E-state index is 13.5. The number of fused-ring (bicyclic) bond motifs is 3. The van der Waals surface area contributed by atoms with Crippen LogP contribution in [-0.2, 0) is 32.1 Å². The molecule has 1 fully saturated rings. The number of hydrogen-bond donors (Lipinski definition) is 2. The molecule has 3 aliphatic heterocycles. The van der Waals surface area contributed by atoms with Crippen molar-refractivity contribution in [1.82, 2.24) is 0 Å². The Balaban J connectivity index is 1.52. The fraction of sp³-hybridized carbons (Fsp3) is 0.487. The highest BCUT2D eigenvalue weighted by atomic mass is 16.6. The number of hydrogen-bond acceptors (Lipinski definition) is 10. The zero-order valence-electron chi connectivity index (χ0n) is 28.7. The second-order valence-electron chi connectivity index (χ2n) is 13.4. The molecule has 2 N–H and O–H groups in total. The average Bonchev–Trinajstić information content (AvgIpc) is 3.76. The van der Waals surface area contributed by atoms with Crippen LogP contribution >= 0.6 is 0 Å². The van der Waals surface area contributed by atoms with Crippen molar-refractivity contribution in [2.24, 2.45) is 4.99 Å². The number of carbonyl (C=O) groups is 3. The molecule has 0 amide bonds. The predicted octanol–water partition coefficient (Wildman–Crippen LogP) is 4.33. The summed E-state index contributed by atoms with van der Waals surface area (Å²) in [4.78, 5) is 44.3. The number of nitrogens with zero attached hydrogens (tertiary/aromatic N) is 1. The molecule has 3 atom stereocenters. The van der Waals surface area contributed by atoms with E-state index >= 15 is 0 Å². The molecule has 2 aromatic carbocycles. The molecule has 0 spiro atoms. The van der Waals surface area contributed by atoms with Gasteiger partial charge >= 0.3 is 5.97 Å². The predicted molar refractivity (Wildman–Crippen MR) is 182 cm³/mol. The van der Waals surface area contributed by atoms with Gasteiger partial charge in [-0.3, -0.25) is 14.6 Å². The molecule has 1 aliphatic carbocycles. The van der Waals surface area contributed by atoms with Gasteiger partial charge in [-0.25, -0.2) is 4.79 Å². The van der Waals surface area contributed by atoms with Crippen molar-refractivity contribution >= 4 is 29.7 Å². The summed E-state index contributed by atoms with van der Waals surface area (Å²) in [5.41, 5.74) is 2.23. The van der Waals surface area contributed by atoms with Crippen molar-refractivity contribution in [3.05, 3.63) is 67.9 Å². The summed E-state index contributed by atoms with van der Waals surface area (Å²) in [5, 5.41) is 24.3. The Hall–Kier alpha value is -4.28. The number of unbranched alkanes of at least 4 members (excludes halogenated alkanes) is 3. The van der Waals surface area contributed by atoms with Crippen LogP contribution < -0.4 is 24.8 Å². The van der Waals surface area contributed by atoms with Crippen LogP contribution in [0.2, 0.25) is 0 Å². The van der Waals surface area contributed by atoms with Gasteiger partial charge in [-0.2, -0.15) is 0 Å². The number of aliphatic hydroxyl groups excluding tert-OH is 1. The van der Waals surface area contributed by atoms with Crippen molar-refractivity contribution in [3.8, 4) is 17.2 Å². The number of Topliss-reactive ketones (excluding diaryl/α,β-unsaturated/α-hetero) is 1. The number of benzene rings is 2. The molecular formula is C39H45NO9. The molecule has 260 valence electrons. The molecule has 0 bridgehead atoms. The molecule has 3 heterocycles. The van der Waals surface area contributed by atoms with Crippen LogP contribution in [0.4, 0.5) is 0 Å². The second-order valence-corrected chi connectivity index (χ2v) is 13.4. The molecule has 0 unspecified atom stereocenters. The van der Waals surface area contributed by atoms with Crippen LogP contribution in [0.25, 0.3) is 11.6 Å². The molecule has 0 saturated heterocycles. The van der Waals surface area contributed by atoms with E-state index in [-0.39, 0.29) is 41.5 Å². The van der Waals surface area contributed by atoms with E-state index in [0.29, 0.717) is 66.7 Å². The van der Waals surface area contributed by atoms with Gasteiger partial charge in [-0.1, -0.05) is 50.3 Å². The number of aldehydes is 1. The number of aliphatic hydroxyl groups is 2. The van der Waals surface area contributed by atoms with Gasteiger partial charge in [0.1, 0.15) is 29.1 Å². The third-order valence-corrected chi connectivity index (χ3v) is 10.2. The highest BCUT2D eigenvalue weighted by Gasteiger charge is 2.45. The van der Waals surface area contributed by atoms with Gasteiger partial charge < -0.3 is 29.2 Å². The number of methoxy groups -OCH3 is 1. The summed E-state index contributed by atoms with van der Waals surface area (Å²) in [6, 6.07) is 5.86. The van der Waals surface area contributed by atoms with E-state index in [0.717, 1.165) is 47.4 Å². The standard InChI is InChI=1S/C39H45NO9/c1-5-7-8-9-15-39(3,45)31-19-26-34(48-31)28(21-42)36-33(35(26)46-4)32(27(20-41)37(49-36)38(44)47-6-2)24-11-13-30(43)25(18-24)22-10-12-29-23(17-22)14-16-40-29/h10,12,14,17,20,25,31,42,45H,5-9,11,13,15-16,18-19,21H2,1-4H3/t25-,31-,39-/m0/s1. The maximum Gasteiger partial charge on any atom is 0.375 e. The summed E-state index contributed by atoms with van der Waals surface area (Å²) < 4.78 is 24.1. The Morgan fingerprint density at radius 3 is 2.67 bits per heavy atom. The summed E-state index contributed by atoms with van der Waals surface area (Å²) in [6.07, 6.45) is 7.68. The molecule has 1 saturated carbocycles. The van der Waals surface area contributed by atoms with Crippen molar-refractivity contribution in [3.63, 3.8) is 0 Å². The molecule has 6 rings (SSSR count). The van der Waals surface area contributed by atoms with Crippen molar-refractivity contribution in [2.75, 3.05) is 20.3 Å². The monoisotopic (exact) mass is 671 g/mol. The first-order chi connectivity index (χ1) is 23.7. The minimum atomic E-state index is -1.17. The van der Waals surface area contributed by atoms with Crippen molar-refractivity contribution in [1.29, 1.82) is 0 Å². The van der Waals surface area contributed by atoms with Crippen LogP contribution in [0.15, 0.2) is 40.1 Å². The topological polar surface area (TPSA) is 141 Å². The van der Waals surface area contributed by atoms with Gasteiger partial charge in [0, 0.05) is 29.9 Å². The molecule has 49 heavy (non-hydrogen) atoms. The summed E-state index contributed by atoms with van der Waals surface area (Å²) >= 11 is 0. The SMILES string of the molecule is CCCCCC[C@](C)(O)[C@@H]1Cc2c(c(CO)c3c(c2OC)C(=C2CCC(=O)[C@H](c4ccc5c(c4)=CCN=5)C2)C(C=O)=C(C(=O)OCC)O3)O1. The van der Waals surface area contributed by atoms with E-state index in [1.54, 1.807) is 13.8 Å². The summed E-state index contributed by atoms with van der Waals surface area (Å²) in [6.45, 7) is 5.70. The van der Waals surface area contributed by atoms with Gasteiger partial charge in [-0.05, 0) is 56.0 Å². The minimum absolute atomic E-state index is 0.00402. The number of ether oxygens (including phenoxy) is 4. The van der Waals surface area contributed by atoms with E-state index in [1.807, 2.05) is 24.3 Å². The number of allylic oxidation sites excluding steroid dienone is 3. The summed E-state index contributed by atoms with van der Waals surface area (Å²) in [7, 11) is 1.51. The van der Waals surface area contributed by atoms with Crippen LogP contribution in [0.3, 0.4) is 0 Å². The van der Waals surface area contributed by atoms with E-state index in [2.05, 4.69) is 11.9 Å². The van der Waals surface area contributed by atoms with Crippen LogP contribution in [0.5, 0.6) is 17.2 Å². The van der Waals surface area contributed by atoms with E-state index < -0.39 is 30.2 Å². The lowest BCUT2D eigenvalue weighted by atomic mass is 9.75. The van der Waals surface area contributed by atoms with Crippen LogP contribution in [0.1, 0.15) is 100 Å². The van der Waals surface area contributed by atoms with Gasteiger partial charge in [-0.15, -0.1) is 0 Å². The first kappa shape index (κ1) is 34.6. The fourth-order valence-corrected chi connectivity index (χ4v) is 7.63. The first-order valence-electron chi connectivity index (χ1n) is 17.4. The number of rotatable bonds is 12. The second kappa shape index (κ2) is 14.3. The zero-order valence-corrected chi connectivity index (χ0v) is 28.7. The Kier molecular flexibility index (Phi) is 10.1. The fourth-order valence-electron chi connectivity index (χ4n) is 7.63. The summed E-state index contributed by atoms with van der Waals surface area (Å²) in [5.74, 6) is -0.694. The number of ketones is 1. The van der Waals surface area contributed by atoms with Gasteiger partial charge in [0.05, 0.1) is 54.5 Å². The van der Waals surface area contributed by atoms with E-state index in [9.17, 15) is 24.6 Å². The third-order valence-electron chi connectivity index (χ3n) is 10.2. The Bertz CT molecular complexity index is 1870. The lowest BCUT2D eigenvalue weighted by Gasteiger charge is -2.32. The smallest absolute Gasteiger partial charge is 0.375 e. The molecule has 2 aromatic rings. The minimum Gasteiger partial charge on any atom is -0.496 e. The molecular weight excluding hydrogens is 626 g/mol. The van der Waals surface area contributed by atoms with Crippen molar-refractivity contribution in [2.45, 2.75) is 103 Å². The highest BCUT2D eigenvalue weighted by Crippen LogP contribution is 2.56. The van der Waals surface area contributed by atoms with E-state index in [1.165, 1.54) is 7.11 Å². The van der Waals surface area contributed by atoms with Crippen LogP contribution in [-0.4, -0.2) is 60.2 Å². The normalized spacial score (nSPS) is 22.1.